The first-order valence-corrected chi connectivity index (χ1v) is 7.59. The Hall–Kier alpha value is -3.24. The Labute approximate surface area is 142 Å². The number of amides is 2. The predicted molar refractivity (Wildman–Crippen MR) is 87.8 cm³/mol. The molecule has 11 nitrogen and oxygen atoms in total. The average molecular weight is 349 g/mol. The standard InChI is InChI=1S/C14H19N7O4/c1-4-19-7-10(12(18-19)13(15)22)16-14(23)8(2)6-20-9(3)5-11(17-20)21(24)25/h5,7-8H,4,6H2,1-3H3,(H2,15,22)(H,16,23). The molecule has 11 heteroatoms. The fraction of sp³-hybridized carbons (Fsp3) is 0.429. The number of nitrogens with one attached hydrogen (secondary N) is 1. The van der Waals surface area contributed by atoms with Gasteiger partial charge in [-0.25, -0.2) is 0 Å². The summed E-state index contributed by atoms with van der Waals surface area (Å²) < 4.78 is 2.88. The molecular formula is C14H19N7O4. The van der Waals surface area contributed by atoms with Crippen molar-refractivity contribution in [2.45, 2.75) is 33.9 Å². The topological polar surface area (TPSA) is 151 Å². The molecule has 1 atom stereocenters. The summed E-state index contributed by atoms with van der Waals surface area (Å²) in [5.41, 5.74) is 6.05. The number of anilines is 1. The van der Waals surface area contributed by atoms with Gasteiger partial charge in [0, 0.05) is 12.7 Å². The number of rotatable bonds is 7. The van der Waals surface area contributed by atoms with Crippen LogP contribution in [-0.4, -0.2) is 36.3 Å². The van der Waals surface area contributed by atoms with Crippen LogP contribution in [0.1, 0.15) is 30.0 Å². The van der Waals surface area contributed by atoms with E-state index in [-0.39, 0.29) is 29.7 Å². The van der Waals surface area contributed by atoms with Gasteiger partial charge >= 0.3 is 5.82 Å². The van der Waals surface area contributed by atoms with E-state index >= 15 is 0 Å². The van der Waals surface area contributed by atoms with Crippen molar-refractivity contribution in [3.8, 4) is 0 Å². The van der Waals surface area contributed by atoms with E-state index < -0.39 is 16.7 Å². The molecule has 2 aromatic heterocycles. The summed E-state index contributed by atoms with van der Waals surface area (Å²) in [5, 5.41) is 21.2. The monoisotopic (exact) mass is 349 g/mol. The molecule has 0 radical (unpaired) electrons. The van der Waals surface area contributed by atoms with Crippen LogP contribution in [0.15, 0.2) is 12.3 Å². The van der Waals surface area contributed by atoms with E-state index in [9.17, 15) is 19.7 Å². The molecule has 0 aromatic carbocycles. The highest BCUT2D eigenvalue weighted by atomic mass is 16.6. The number of primary amides is 1. The van der Waals surface area contributed by atoms with Gasteiger partial charge in [0.05, 0.1) is 35.0 Å². The number of nitrogens with zero attached hydrogens (tertiary/aromatic N) is 5. The zero-order valence-electron chi connectivity index (χ0n) is 14.1. The molecule has 0 saturated carbocycles. The molecule has 0 aliphatic carbocycles. The predicted octanol–water partition coefficient (Wildman–Crippen LogP) is 0.690. The van der Waals surface area contributed by atoms with Gasteiger partial charge in [-0.3, -0.25) is 14.3 Å². The summed E-state index contributed by atoms with van der Waals surface area (Å²) in [6, 6.07) is 1.33. The zero-order valence-corrected chi connectivity index (χ0v) is 14.1. The summed E-state index contributed by atoms with van der Waals surface area (Å²) in [6.07, 6.45) is 1.52. The highest BCUT2D eigenvalue weighted by molar-refractivity contribution is 6.01. The SMILES string of the molecule is CCn1cc(NC(=O)C(C)Cn2nc([N+](=O)[O-])cc2C)c(C(N)=O)n1. The second kappa shape index (κ2) is 7.11. The van der Waals surface area contributed by atoms with Gasteiger partial charge in [-0.05, 0) is 18.8 Å². The van der Waals surface area contributed by atoms with E-state index in [2.05, 4.69) is 15.5 Å². The molecule has 0 spiro atoms. The zero-order chi connectivity index (χ0) is 18.7. The number of nitro groups is 1. The normalized spacial score (nSPS) is 12.0. The minimum Gasteiger partial charge on any atom is -0.364 e. The molecule has 0 aliphatic rings. The van der Waals surface area contributed by atoms with Crippen molar-refractivity contribution in [3.63, 3.8) is 0 Å². The van der Waals surface area contributed by atoms with Crippen LogP contribution in [0, 0.1) is 23.0 Å². The molecule has 1 unspecified atom stereocenters. The van der Waals surface area contributed by atoms with Gasteiger partial charge < -0.3 is 21.2 Å². The van der Waals surface area contributed by atoms with E-state index in [0.717, 1.165) is 0 Å². The number of carbonyl (C=O) groups is 2. The minimum absolute atomic E-state index is 0.0201. The van der Waals surface area contributed by atoms with Crippen LogP contribution in [0.5, 0.6) is 0 Å². The fourth-order valence-corrected chi connectivity index (χ4v) is 2.22. The second-order valence-electron chi connectivity index (χ2n) is 5.58. The summed E-state index contributed by atoms with van der Waals surface area (Å²) in [7, 11) is 0. The number of nitrogens with two attached hydrogens (primary N) is 1. The summed E-state index contributed by atoms with van der Waals surface area (Å²) in [6.45, 7) is 5.82. The quantitative estimate of drug-likeness (QED) is 0.554. The van der Waals surface area contributed by atoms with Crippen LogP contribution in [0.25, 0.3) is 0 Å². The van der Waals surface area contributed by atoms with E-state index in [0.29, 0.717) is 12.2 Å². The van der Waals surface area contributed by atoms with Crippen LogP contribution in [-0.2, 0) is 17.9 Å². The van der Waals surface area contributed by atoms with Crippen molar-refractivity contribution >= 4 is 23.3 Å². The lowest BCUT2D eigenvalue weighted by molar-refractivity contribution is -0.389. The number of aryl methyl sites for hydroxylation is 2. The highest BCUT2D eigenvalue weighted by Gasteiger charge is 2.23. The maximum Gasteiger partial charge on any atom is 0.390 e. The maximum atomic E-state index is 12.4. The van der Waals surface area contributed by atoms with Crippen LogP contribution in [0.2, 0.25) is 0 Å². The van der Waals surface area contributed by atoms with Crippen molar-refractivity contribution in [1.29, 1.82) is 0 Å². The lowest BCUT2D eigenvalue weighted by Gasteiger charge is -2.11. The van der Waals surface area contributed by atoms with Crippen LogP contribution >= 0.6 is 0 Å². The minimum atomic E-state index is -0.742. The molecular weight excluding hydrogens is 330 g/mol. The molecule has 2 heterocycles. The Morgan fingerprint density at radius 2 is 2.12 bits per heavy atom. The third-order valence-corrected chi connectivity index (χ3v) is 3.63. The number of carbonyl (C=O) groups excluding carboxylic acids is 2. The molecule has 2 amide bonds. The Bertz CT molecular complexity index is 823. The van der Waals surface area contributed by atoms with Crippen LogP contribution in [0.3, 0.4) is 0 Å². The fourth-order valence-electron chi connectivity index (χ4n) is 2.22. The Morgan fingerprint density at radius 1 is 1.44 bits per heavy atom. The van der Waals surface area contributed by atoms with Crippen LogP contribution < -0.4 is 11.1 Å². The number of hydrogen-bond acceptors (Lipinski definition) is 6. The first-order chi connectivity index (χ1) is 11.7. The van der Waals surface area contributed by atoms with Crippen molar-refractivity contribution < 1.29 is 14.5 Å². The summed E-state index contributed by atoms with van der Waals surface area (Å²) in [5.74, 6) is -1.95. The molecule has 134 valence electrons. The van der Waals surface area contributed by atoms with E-state index in [4.69, 9.17) is 5.73 Å². The summed E-state index contributed by atoms with van der Waals surface area (Å²) in [4.78, 5) is 34.0. The first kappa shape index (κ1) is 18.1. The Kier molecular flexibility index (Phi) is 5.15. The average Bonchev–Trinajstić information content (AvgIpc) is 3.11. The molecule has 25 heavy (non-hydrogen) atoms. The van der Waals surface area contributed by atoms with Crippen molar-refractivity contribution in [2.75, 3.05) is 5.32 Å². The van der Waals surface area contributed by atoms with Gasteiger partial charge in [-0.15, -0.1) is 0 Å². The largest absolute Gasteiger partial charge is 0.390 e. The van der Waals surface area contributed by atoms with Crippen molar-refractivity contribution in [1.82, 2.24) is 19.6 Å². The van der Waals surface area contributed by atoms with Gasteiger partial charge in [-0.1, -0.05) is 6.92 Å². The molecule has 2 aromatic rings. The maximum absolute atomic E-state index is 12.4. The van der Waals surface area contributed by atoms with E-state index in [1.807, 2.05) is 6.92 Å². The third-order valence-electron chi connectivity index (χ3n) is 3.63. The molecule has 0 saturated heterocycles. The summed E-state index contributed by atoms with van der Waals surface area (Å²) >= 11 is 0. The number of aromatic nitrogens is 4. The smallest absolute Gasteiger partial charge is 0.364 e. The first-order valence-electron chi connectivity index (χ1n) is 7.59. The van der Waals surface area contributed by atoms with Gasteiger partial charge in [0.25, 0.3) is 5.91 Å². The van der Waals surface area contributed by atoms with E-state index in [1.165, 1.54) is 21.6 Å². The molecule has 0 fully saturated rings. The van der Waals surface area contributed by atoms with E-state index in [1.54, 1.807) is 13.8 Å². The Morgan fingerprint density at radius 3 is 2.64 bits per heavy atom. The molecule has 0 bridgehead atoms. The number of hydrogen-bond donors (Lipinski definition) is 2. The lowest BCUT2D eigenvalue weighted by Crippen LogP contribution is -2.26. The van der Waals surface area contributed by atoms with Crippen molar-refractivity contribution in [2.24, 2.45) is 11.7 Å². The van der Waals surface area contributed by atoms with Gasteiger partial charge in [0.15, 0.2) is 5.69 Å². The molecule has 2 rings (SSSR count). The Balaban J connectivity index is 2.12. The van der Waals surface area contributed by atoms with Gasteiger partial charge in [-0.2, -0.15) is 9.78 Å². The van der Waals surface area contributed by atoms with Gasteiger partial charge in [0.1, 0.15) is 0 Å². The molecule has 0 aliphatic heterocycles. The van der Waals surface area contributed by atoms with Crippen molar-refractivity contribution in [3.05, 3.63) is 33.8 Å². The highest BCUT2D eigenvalue weighted by Crippen LogP contribution is 2.17. The third kappa shape index (κ3) is 4.00. The van der Waals surface area contributed by atoms with Gasteiger partial charge in [0.2, 0.25) is 5.91 Å². The second-order valence-corrected chi connectivity index (χ2v) is 5.58. The lowest BCUT2D eigenvalue weighted by atomic mass is 10.1. The van der Waals surface area contributed by atoms with Crippen LogP contribution in [0.4, 0.5) is 11.5 Å². The molecule has 3 N–H and O–H groups in total.